The van der Waals surface area contributed by atoms with Gasteiger partial charge in [0.25, 0.3) is 0 Å². The molecule has 1 aromatic carbocycles. The Morgan fingerprint density at radius 1 is 1.44 bits per heavy atom. The van der Waals surface area contributed by atoms with Crippen LogP contribution < -0.4 is 16.0 Å². The number of carbonyl (C=O) groups is 1. The van der Waals surface area contributed by atoms with Crippen molar-refractivity contribution in [3.8, 4) is 0 Å². The number of hydrogen-bond acceptors (Lipinski definition) is 2. The number of rotatable bonds is 2. The largest absolute Gasteiger partial charge is 0.376 e. The zero-order valence-electron chi connectivity index (χ0n) is 10.4. The Labute approximate surface area is 112 Å². The first-order chi connectivity index (χ1) is 8.58. The molecular weight excluding hydrogens is 246 g/mol. The Kier molecular flexibility index (Phi) is 3.81. The lowest BCUT2D eigenvalue weighted by Crippen LogP contribution is -2.35. The average molecular weight is 263 g/mol. The Hall–Kier alpha value is -1.62. The van der Waals surface area contributed by atoms with Crippen LogP contribution in [0.3, 0.4) is 0 Å². The smallest absolute Gasteiger partial charge is 0.226 e. The molecule has 96 valence electrons. The predicted molar refractivity (Wildman–Crippen MR) is 77.8 cm³/mol. The number of nitrogens with one attached hydrogen (secondary N) is 1. The van der Waals surface area contributed by atoms with Crippen molar-refractivity contribution in [2.75, 3.05) is 16.8 Å². The summed E-state index contributed by atoms with van der Waals surface area (Å²) in [5, 5.41) is 3.14. The summed E-state index contributed by atoms with van der Waals surface area (Å²) >= 11 is 4.80. The number of carbonyl (C=O) groups excluding carboxylic acids is 1. The topological polar surface area (TPSA) is 58.4 Å². The van der Waals surface area contributed by atoms with Gasteiger partial charge in [0.05, 0.1) is 0 Å². The highest BCUT2D eigenvalue weighted by Crippen LogP contribution is 2.26. The Morgan fingerprint density at radius 2 is 2.22 bits per heavy atom. The summed E-state index contributed by atoms with van der Waals surface area (Å²) in [5.41, 5.74) is 8.32. The van der Waals surface area contributed by atoms with E-state index >= 15 is 0 Å². The van der Waals surface area contributed by atoms with Crippen molar-refractivity contribution in [2.24, 2.45) is 5.73 Å². The van der Waals surface area contributed by atoms with Gasteiger partial charge in [0.2, 0.25) is 5.91 Å². The van der Waals surface area contributed by atoms with Crippen molar-refractivity contribution >= 4 is 34.6 Å². The van der Waals surface area contributed by atoms with Crippen molar-refractivity contribution in [1.82, 2.24) is 0 Å². The van der Waals surface area contributed by atoms with E-state index in [4.69, 9.17) is 18.0 Å². The number of thiocarbonyl (C=S) groups is 1. The van der Waals surface area contributed by atoms with Gasteiger partial charge in [-0.15, -0.1) is 0 Å². The van der Waals surface area contributed by atoms with E-state index in [1.807, 2.05) is 30.0 Å². The quantitative estimate of drug-likeness (QED) is 0.803. The number of piperidine rings is 1. The lowest BCUT2D eigenvalue weighted by molar-refractivity contribution is -0.119. The fourth-order valence-electron chi connectivity index (χ4n) is 2.24. The van der Waals surface area contributed by atoms with Crippen molar-refractivity contribution in [2.45, 2.75) is 26.2 Å². The number of benzene rings is 1. The van der Waals surface area contributed by atoms with Crippen LogP contribution in [0.1, 0.15) is 24.8 Å². The summed E-state index contributed by atoms with van der Waals surface area (Å²) < 4.78 is 0. The van der Waals surface area contributed by atoms with Gasteiger partial charge in [-0.2, -0.15) is 0 Å². The van der Waals surface area contributed by atoms with Gasteiger partial charge >= 0.3 is 0 Å². The van der Waals surface area contributed by atoms with Crippen LogP contribution in [-0.4, -0.2) is 17.6 Å². The van der Waals surface area contributed by atoms with Crippen LogP contribution in [0.5, 0.6) is 0 Å². The fourth-order valence-corrected chi connectivity index (χ4v) is 2.36. The molecule has 1 aromatic rings. The van der Waals surface area contributed by atoms with Crippen LogP contribution in [0.4, 0.5) is 11.4 Å². The molecule has 2 rings (SSSR count). The number of amides is 1. The Morgan fingerprint density at radius 3 is 2.83 bits per heavy atom. The molecule has 0 unspecified atom stereocenters. The van der Waals surface area contributed by atoms with E-state index in [1.165, 1.54) is 0 Å². The van der Waals surface area contributed by atoms with Crippen molar-refractivity contribution in [3.63, 3.8) is 0 Å². The van der Waals surface area contributed by atoms with Crippen LogP contribution in [0.25, 0.3) is 0 Å². The number of aryl methyl sites for hydroxylation is 1. The van der Waals surface area contributed by atoms with Gasteiger partial charge in [-0.05, 0) is 55.7 Å². The van der Waals surface area contributed by atoms with Gasteiger partial charge in [-0.25, -0.2) is 0 Å². The van der Waals surface area contributed by atoms with Gasteiger partial charge in [0, 0.05) is 24.3 Å². The SMILES string of the molecule is Cc1cc(NC(N)=S)ccc1N1CCCCC1=O. The molecule has 0 aromatic heterocycles. The van der Waals surface area contributed by atoms with Gasteiger partial charge in [0.15, 0.2) is 5.11 Å². The lowest BCUT2D eigenvalue weighted by atomic mass is 10.1. The molecule has 1 aliphatic rings. The van der Waals surface area contributed by atoms with Gasteiger partial charge in [-0.1, -0.05) is 0 Å². The number of nitrogens with two attached hydrogens (primary N) is 1. The standard InChI is InChI=1S/C13H17N3OS/c1-9-8-10(15-13(14)18)5-6-11(9)16-7-3-2-4-12(16)17/h5-6,8H,2-4,7H2,1H3,(H3,14,15,18). The van der Waals surface area contributed by atoms with Gasteiger partial charge in [0.1, 0.15) is 0 Å². The molecule has 0 atom stereocenters. The lowest BCUT2D eigenvalue weighted by Gasteiger charge is -2.28. The van der Waals surface area contributed by atoms with E-state index in [-0.39, 0.29) is 11.0 Å². The number of anilines is 2. The van der Waals surface area contributed by atoms with E-state index in [0.717, 1.165) is 36.3 Å². The molecule has 5 heteroatoms. The first kappa shape index (κ1) is 12.8. The minimum absolute atomic E-state index is 0.208. The highest BCUT2D eigenvalue weighted by atomic mass is 32.1. The normalized spacial score (nSPS) is 15.6. The third-order valence-electron chi connectivity index (χ3n) is 3.08. The molecule has 1 heterocycles. The Balaban J connectivity index is 2.23. The molecule has 18 heavy (non-hydrogen) atoms. The minimum Gasteiger partial charge on any atom is -0.376 e. The molecule has 1 amide bonds. The summed E-state index contributed by atoms with van der Waals surface area (Å²) in [5.74, 6) is 0.208. The summed E-state index contributed by atoms with van der Waals surface area (Å²) in [7, 11) is 0. The highest BCUT2D eigenvalue weighted by Gasteiger charge is 2.20. The van der Waals surface area contributed by atoms with Crippen molar-refractivity contribution in [3.05, 3.63) is 23.8 Å². The molecule has 1 fully saturated rings. The van der Waals surface area contributed by atoms with Crippen molar-refractivity contribution in [1.29, 1.82) is 0 Å². The van der Waals surface area contributed by atoms with E-state index in [9.17, 15) is 4.79 Å². The Bertz CT molecular complexity index is 487. The van der Waals surface area contributed by atoms with Crippen LogP contribution >= 0.6 is 12.2 Å². The molecule has 1 aliphatic heterocycles. The second-order valence-corrected chi connectivity index (χ2v) is 4.93. The maximum Gasteiger partial charge on any atom is 0.226 e. The van der Waals surface area contributed by atoms with Crippen molar-refractivity contribution < 1.29 is 4.79 Å². The summed E-state index contributed by atoms with van der Waals surface area (Å²) in [6.45, 7) is 2.80. The number of hydrogen-bond donors (Lipinski definition) is 2. The van der Waals surface area contributed by atoms with E-state index in [1.54, 1.807) is 0 Å². The van der Waals surface area contributed by atoms with E-state index in [2.05, 4.69) is 5.32 Å². The van der Waals surface area contributed by atoms with E-state index in [0.29, 0.717) is 6.42 Å². The zero-order valence-corrected chi connectivity index (χ0v) is 11.2. The fraction of sp³-hybridized carbons (Fsp3) is 0.385. The van der Waals surface area contributed by atoms with Gasteiger partial charge in [-0.3, -0.25) is 4.79 Å². The molecule has 0 saturated carbocycles. The first-order valence-electron chi connectivity index (χ1n) is 6.05. The monoisotopic (exact) mass is 263 g/mol. The average Bonchev–Trinajstić information content (AvgIpc) is 2.30. The molecule has 3 N–H and O–H groups in total. The molecule has 0 aliphatic carbocycles. The predicted octanol–water partition coefficient (Wildman–Crippen LogP) is 2.17. The maximum absolute atomic E-state index is 11.9. The minimum atomic E-state index is 0.208. The number of nitrogens with zero attached hydrogens (tertiary/aromatic N) is 1. The molecule has 1 saturated heterocycles. The molecule has 0 bridgehead atoms. The zero-order chi connectivity index (χ0) is 13.1. The van der Waals surface area contributed by atoms with Crippen LogP contribution in [0.2, 0.25) is 0 Å². The third kappa shape index (κ3) is 2.79. The third-order valence-corrected chi connectivity index (χ3v) is 3.18. The van der Waals surface area contributed by atoms with Gasteiger partial charge < -0.3 is 16.0 Å². The van der Waals surface area contributed by atoms with Crippen LogP contribution in [0, 0.1) is 6.92 Å². The second-order valence-electron chi connectivity index (χ2n) is 4.49. The summed E-state index contributed by atoms with van der Waals surface area (Å²) in [6.07, 6.45) is 2.71. The molecule has 4 nitrogen and oxygen atoms in total. The molecular formula is C13H17N3OS. The highest BCUT2D eigenvalue weighted by molar-refractivity contribution is 7.80. The van der Waals surface area contributed by atoms with Crippen LogP contribution in [-0.2, 0) is 4.79 Å². The first-order valence-corrected chi connectivity index (χ1v) is 6.46. The molecule has 0 radical (unpaired) electrons. The summed E-state index contributed by atoms with van der Waals surface area (Å²) in [4.78, 5) is 13.7. The molecule has 0 spiro atoms. The van der Waals surface area contributed by atoms with E-state index < -0.39 is 0 Å². The van der Waals surface area contributed by atoms with Crippen LogP contribution in [0.15, 0.2) is 18.2 Å². The second kappa shape index (κ2) is 5.35. The maximum atomic E-state index is 11.9. The summed E-state index contributed by atoms with van der Waals surface area (Å²) in [6, 6.07) is 5.79.